The summed E-state index contributed by atoms with van der Waals surface area (Å²) in [7, 11) is 0. The summed E-state index contributed by atoms with van der Waals surface area (Å²) in [4.78, 5) is 12.1. The van der Waals surface area contributed by atoms with Gasteiger partial charge in [-0.3, -0.25) is 0 Å². The fraction of sp³-hybridized carbons (Fsp3) is 0.933. The van der Waals surface area contributed by atoms with Crippen LogP contribution in [0.4, 0.5) is 4.79 Å². The maximum atomic E-state index is 12.1. The molecule has 2 aliphatic carbocycles. The number of hydrogen-bond acceptors (Lipinski definition) is 1. The van der Waals surface area contributed by atoms with Gasteiger partial charge in [-0.05, 0) is 49.4 Å². The van der Waals surface area contributed by atoms with Gasteiger partial charge in [0.2, 0.25) is 0 Å². The predicted octanol–water partition coefficient (Wildman–Crippen LogP) is 3.15. The lowest BCUT2D eigenvalue weighted by molar-refractivity contribution is 0.220. The van der Waals surface area contributed by atoms with Gasteiger partial charge in [-0.15, -0.1) is 0 Å². The molecule has 0 radical (unpaired) electrons. The molecule has 0 aromatic carbocycles. The smallest absolute Gasteiger partial charge is 0.315 e. The van der Waals surface area contributed by atoms with E-state index in [0.717, 1.165) is 0 Å². The third kappa shape index (κ3) is 2.81. The molecule has 3 heteroatoms. The van der Waals surface area contributed by atoms with Gasteiger partial charge >= 0.3 is 6.03 Å². The van der Waals surface area contributed by atoms with Crippen molar-refractivity contribution in [2.75, 3.05) is 0 Å². The van der Waals surface area contributed by atoms with Crippen molar-refractivity contribution in [2.45, 2.75) is 65.5 Å². The van der Waals surface area contributed by atoms with E-state index >= 15 is 0 Å². The Kier molecular flexibility index (Phi) is 4.18. The molecule has 0 bridgehead atoms. The van der Waals surface area contributed by atoms with Crippen LogP contribution in [0.1, 0.15) is 53.4 Å². The maximum Gasteiger partial charge on any atom is 0.315 e. The number of rotatable bonds is 2. The van der Waals surface area contributed by atoms with Crippen LogP contribution >= 0.6 is 0 Å². The summed E-state index contributed by atoms with van der Waals surface area (Å²) in [6.45, 7) is 8.98. The first-order valence-corrected chi connectivity index (χ1v) is 7.56. The molecule has 0 spiro atoms. The third-order valence-electron chi connectivity index (χ3n) is 5.20. The lowest BCUT2D eigenvalue weighted by Crippen LogP contribution is -2.50. The molecule has 0 aromatic heterocycles. The standard InChI is InChI=1S/C15H28N2O/c1-9-5-6-10(2)13(9)16-15(18)17-14-11(3)7-8-12(14)4/h9-14H,5-8H2,1-4H3,(H2,16,17,18)/t9-,10-,11-,12-/m0/s1. The zero-order valence-electron chi connectivity index (χ0n) is 12.2. The van der Waals surface area contributed by atoms with Crippen LogP contribution in [0.3, 0.4) is 0 Å². The number of urea groups is 1. The van der Waals surface area contributed by atoms with Crippen molar-refractivity contribution in [2.24, 2.45) is 23.7 Å². The van der Waals surface area contributed by atoms with Gasteiger partial charge in [-0.25, -0.2) is 4.79 Å². The van der Waals surface area contributed by atoms with Crippen molar-refractivity contribution in [1.82, 2.24) is 10.6 Å². The molecule has 2 amide bonds. The molecule has 2 fully saturated rings. The molecule has 0 aliphatic heterocycles. The normalized spacial score (nSPS) is 38.0. The molecule has 0 saturated heterocycles. The molecular weight excluding hydrogens is 224 g/mol. The van der Waals surface area contributed by atoms with E-state index in [-0.39, 0.29) is 6.03 Å². The second kappa shape index (κ2) is 5.50. The van der Waals surface area contributed by atoms with Crippen LogP contribution in [0.2, 0.25) is 0 Å². The van der Waals surface area contributed by atoms with E-state index in [2.05, 4.69) is 38.3 Å². The molecule has 0 heterocycles. The Morgan fingerprint density at radius 1 is 0.722 bits per heavy atom. The van der Waals surface area contributed by atoms with Gasteiger partial charge in [-0.1, -0.05) is 27.7 Å². The van der Waals surface area contributed by atoms with Crippen molar-refractivity contribution < 1.29 is 4.79 Å². The first-order valence-electron chi connectivity index (χ1n) is 7.56. The summed E-state index contributed by atoms with van der Waals surface area (Å²) >= 11 is 0. The fourth-order valence-corrected chi connectivity index (χ4v) is 3.80. The summed E-state index contributed by atoms with van der Waals surface area (Å²) in [5.74, 6) is 2.46. The summed E-state index contributed by atoms with van der Waals surface area (Å²) in [6, 6.07) is 0.764. The lowest BCUT2D eigenvalue weighted by atomic mass is 10.00. The van der Waals surface area contributed by atoms with Gasteiger partial charge in [0, 0.05) is 12.1 Å². The number of carbonyl (C=O) groups is 1. The highest BCUT2D eigenvalue weighted by Gasteiger charge is 2.34. The van der Waals surface area contributed by atoms with Crippen molar-refractivity contribution in [1.29, 1.82) is 0 Å². The van der Waals surface area contributed by atoms with Crippen LogP contribution in [0.25, 0.3) is 0 Å². The van der Waals surface area contributed by atoms with Crippen LogP contribution in [-0.4, -0.2) is 18.1 Å². The molecule has 18 heavy (non-hydrogen) atoms. The quantitative estimate of drug-likeness (QED) is 0.779. The van der Waals surface area contributed by atoms with E-state index in [1.807, 2.05) is 0 Å². The van der Waals surface area contributed by atoms with Crippen LogP contribution < -0.4 is 10.6 Å². The SMILES string of the molecule is C[C@H]1CC[C@H](C)C1NC(=O)NC1[C@@H](C)CC[C@@H]1C. The summed E-state index contributed by atoms with van der Waals surface area (Å²) < 4.78 is 0. The first kappa shape index (κ1) is 13.7. The van der Waals surface area contributed by atoms with Gasteiger partial charge < -0.3 is 10.6 Å². The largest absolute Gasteiger partial charge is 0.335 e. The highest BCUT2D eigenvalue weighted by molar-refractivity contribution is 5.74. The summed E-state index contributed by atoms with van der Waals surface area (Å²) in [6.07, 6.45) is 4.95. The minimum absolute atomic E-state index is 0.0474. The Morgan fingerprint density at radius 2 is 1.00 bits per heavy atom. The second-order valence-corrected chi connectivity index (χ2v) is 6.73. The lowest BCUT2D eigenvalue weighted by Gasteiger charge is -2.26. The van der Waals surface area contributed by atoms with Crippen molar-refractivity contribution in [3.8, 4) is 0 Å². The highest BCUT2D eigenvalue weighted by atomic mass is 16.2. The van der Waals surface area contributed by atoms with E-state index in [1.165, 1.54) is 25.7 Å². The molecule has 104 valence electrons. The number of amides is 2. The molecule has 3 nitrogen and oxygen atoms in total. The molecule has 2 rings (SSSR count). The van der Waals surface area contributed by atoms with Crippen molar-refractivity contribution >= 4 is 6.03 Å². The molecular formula is C15H28N2O. The van der Waals surface area contributed by atoms with Crippen LogP contribution in [0.15, 0.2) is 0 Å². The van der Waals surface area contributed by atoms with E-state index in [1.54, 1.807) is 0 Å². The monoisotopic (exact) mass is 252 g/mol. The topological polar surface area (TPSA) is 41.1 Å². The number of nitrogens with one attached hydrogen (secondary N) is 2. The Morgan fingerprint density at radius 3 is 1.28 bits per heavy atom. The minimum Gasteiger partial charge on any atom is -0.335 e. The van der Waals surface area contributed by atoms with E-state index in [0.29, 0.717) is 35.8 Å². The molecule has 4 atom stereocenters. The van der Waals surface area contributed by atoms with Crippen LogP contribution in [0.5, 0.6) is 0 Å². The zero-order chi connectivity index (χ0) is 13.3. The van der Waals surface area contributed by atoms with Gasteiger partial charge in [0.05, 0.1) is 0 Å². The van der Waals surface area contributed by atoms with Gasteiger partial charge in [0.15, 0.2) is 0 Å². The highest BCUT2D eigenvalue weighted by Crippen LogP contribution is 2.32. The average Bonchev–Trinajstić information content (AvgIpc) is 2.79. The molecule has 2 N–H and O–H groups in total. The van der Waals surface area contributed by atoms with Crippen LogP contribution in [0, 0.1) is 23.7 Å². The average molecular weight is 252 g/mol. The number of carbonyl (C=O) groups excluding carboxylic acids is 1. The van der Waals surface area contributed by atoms with Crippen molar-refractivity contribution in [3.05, 3.63) is 0 Å². The Hall–Kier alpha value is -0.730. The summed E-state index contributed by atoms with van der Waals surface area (Å²) in [5, 5.41) is 6.39. The molecule has 2 saturated carbocycles. The third-order valence-corrected chi connectivity index (χ3v) is 5.20. The minimum atomic E-state index is 0.0474. The second-order valence-electron chi connectivity index (χ2n) is 6.73. The Balaban J connectivity index is 1.85. The predicted molar refractivity (Wildman–Crippen MR) is 74.4 cm³/mol. The Labute approximate surface area is 111 Å². The molecule has 2 aliphatic rings. The van der Waals surface area contributed by atoms with E-state index in [9.17, 15) is 4.79 Å². The maximum absolute atomic E-state index is 12.1. The Bertz CT molecular complexity index is 257. The van der Waals surface area contributed by atoms with Gasteiger partial charge in [0.1, 0.15) is 0 Å². The zero-order valence-corrected chi connectivity index (χ0v) is 12.2. The fourth-order valence-electron chi connectivity index (χ4n) is 3.80. The first-order chi connectivity index (χ1) is 8.49. The van der Waals surface area contributed by atoms with Gasteiger partial charge in [0.25, 0.3) is 0 Å². The van der Waals surface area contributed by atoms with Gasteiger partial charge in [-0.2, -0.15) is 0 Å². The van der Waals surface area contributed by atoms with Crippen LogP contribution in [-0.2, 0) is 0 Å². The summed E-state index contributed by atoms with van der Waals surface area (Å²) in [5.41, 5.74) is 0. The van der Waals surface area contributed by atoms with E-state index < -0.39 is 0 Å². The molecule has 0 aromatic rings. The van der Waals surface area contributed by atoms with E-state index in [4.69, 9.17) is 0 Å². The molecule has 0 unspecified atom stereocenters. The van der Waals surface area contributed by atoms with Crippen molar-refractivity contribution in [3.63, 3.8) is 0 Å². The number of hydrogen-bond donors (Lipinski definition) is 2.